The van der Waals surface area contributed by atoms with E-state index in [-0.39, 0.29) is 6.10 Å². The lowest BCUT2D eigenvalue weighted by Gasteiger charge is -2.11. The van der Waals surface area contributed by atoms with E-state index < -0.39 is 0 Å². The van der Waals surface area contributed by atoms with Gasteiger partial charge in [-0.3, -0.25) is 0 Å². The highest BCUT2D eigenvalue weighted by Gasteiger charge is 2.13. The molecular formula is C14H12O. The van der Waals surface area contributed by atoms with E-state index in [9.17, 15) is 0 Å². The average molecular weight is 196 g/mol. The fourth-order valence-corrected chi connectivity index (χ4v) is 2.01. The van der Waals surface area contributed by atoms with Crippen molar-refractivity contribution < 1.29 is 4.74 Å². The van der Waals surface area contributed by atoms with Gasteiger partial charge in [-0.1, -0.05) is 36.4 Å². The molecule has 0 saturated carbocycles. The Kier molecular flexibility index (Phi) is 1.95. The molecule has 0 bridgehead atoms. The predicted molar refractivity (Wildman–Crippen MR) is 61.5 cm³/mol. The predicted octanol–water partition coefficient (Wildman–Crippen LogP) is 3.81. The molecule has 15 heavy (non-hydrogen) atoms. The number of fused-ring (bicyclic) bond motifs is 1. The minimum atomic E-state index is 0.217. The summed E-state index contributed by atoms with van der Waals surface area (Å²) in [6.07, 6.45) is 5.06. The molecule has 1 heterocycles. The quantitative estimate of drug-likeness (QED) is 0.673. The third-order valence-electron chi connectivity index (χ3n) is 2.83. The topological polar surface area (TPSA) is 9.23 Å². The van der Waals surface area contributed by atoms with Crippen LogP contribution in [0.1, 0.15) is 18.1 Å². The maximum atomic E-state index is 5.51. The van der Waals surface area contributed by atoms with Crippen molar-refractivity contribution in [3.05, 3.63) is 60.4 Å². The highest BCUT2D eigenvalue weighted by molar-refractivity contribution is 5.83. The maximum Gasteiger partial charge on any atom is 0.126 e. The molecule has 0 radical (unpaired) electrons. The van der Waals surface area contributed by atoms with Crippen LogP contribution in [0.2, 0.25) is 0 Å². The molecule has 0 saturated heterocycles. The first-order valence-electron chi connectivity index (χ1n) is 5.23. The third kappa shape index (κ3) is 1.50. The highest BCUT2D eigenvalue weighted by atomic mass is 16.5. The van der Waals surface area contributed by atoms with Gasteiger partial charge in [-0.25, -0.2) is 0 Å². The number of hydrogen-bond donors (Lipinski definition) is 0. The lowest BCUT2D eigenvalue weighted by atomic mass is 10.0. The lowest BCUT2D eigenvalue weighted by molar-refractivity contribution is 0.173. The van der Waals surface area contributed by atoms with Gasteiger partial charge in [0.1, 0.15) is 6.10 Å². The summed E-state index contributed by atoms with van der Waals surface area (Å²) in [7, 11) is 0. The van der Waals surface area contributed by atoms with Gasteiger partial charge in [0.05, 0.1) is 6.26 Å². The zero-order valence-corrected chi connectivity index (χ0v) is 8.39. The molecule has 1 atom stereocenters. The van der Waals surface area contributed by atoms with Crippen molar-refractivity contribution in [3.8, 4) is 0 Å². The number of ether oxygens (including phenoxy) is 1. The van der Waals surface area contributed by atoms with Crippen molar-refractivity contribution >= 4 is 10.8 Å². The van der Waals surface area contributed by atoms with Gasteiger partial charge in [-0.05, 0) is 28.5 Å². The van der Waals surface area contributed by atoms with Crippen LogP contribution in [-0.2, 0) is 4.74 Å². The van der Waals surface area contributed by atoms with Gasteiger partial charge in [0.2, 0.25) is 0 Å². The normalized spacial score (nSPS) is 19.3. The number of benzene rings is 2. The van der Waals surface area contributed by atoms with Crippen LogP contribution in [-0.4, -0.2) is 0 Å². The van der Waals surface area contributed by atoms with Crippen LogP contribution >= 0.6 is 0 Å². The summed E-state index contributed by atoms with van der Waals surface area (Å²) in [5.74, 6) is 0. The van der Waals surface area contributed by atoms with Crippen molar-refractivity contribution in [1.29, 1.82) is 0 Å². The van der Waals surface area contributed by atoms with E-state index in [1.807, 2.05) is 0 Å². The SMILES string of the molecule is C1=CO[C@@H](c2ccc3ccccc3c2)C1. The van der Waals surface area contributed by atoms with Crippen molar-refractivity contribution in [2.24, 2.45) is 0 Å². The number of hydrogen-bond acceptors (Lipinski definition) is 1. The Morgan fingerprint density at radius 3 is 2.67 bits per heavy atom. The minimum absolute atomic E-state index is 0.217. The Morgan fingerprint density at radius 1 is 1.00 bits per heavy atom. The van der Waals surface area contributed by atoms with E-state index in [0.29, 0.717) is 0 Å². The van der Waals surface area contributed by atoms with Crippen molar-refractivity contribution in [3.63, 3.8) is 0 Å². The van der Waals surface area contributed by atoms with Crippen LogP contribution in [0.15, 0.2) is 54.8 Å². The van der Waals surface area contributed by atoms with E-state index in [1.165, 1.54) is 16.3 Å². The summed E-state index contributed by atoms with van der Waals surface area (Å²) in [5.41, 5.74) is 1.26. The molecule has 1 heteroatoms. The smallest absolute Gasteiger partial charge is 0.126 e. The molecule has 0 spiro atoms. The van der Waals surface area contributed by atoms with Gasteiger partial charge in [0, 0.05) is 6.42 Å². The first-order valence-corrected chi connectivity index (χ1v) is 5.23. The summed E-state index contributed by atoms with van der Waals surface area (Å²) in [5, 5.41) is 2.57. The van der Waals surface area contributed by atoms with Gasteiger partial charge < -0.3 is 4.74 Å². The summed E-state index contributed by atoms with van der Waals surface area (Å²) in [6.45, 7) is 0. The molecule has 3 rings (SSSR count). The Hall–Kier alpha value is -1.76. The molecule has 1 aliphatic heterocycles. The molecule has 74 valence electrons. The molecular weight excluding hydrogens is 184 g/mol. The van der Waals surface area contributed by atoms with Gasteiger partial charge in [-0.15, -0.1) is 0 Å². The summed E-state index contributed by atoms with van der Waals surface area (Å²) >= 11 is 0. The van der Waals surface area contributed by atoms with Crippen LogP contribution in [0.4, 0.5) is 0 Å². The van der Waals surface area contributed by atoms with Crippen LogP contribution < -0.4 is 0 Å². The monoisotopic (exact) mass is 196 g/mol. The second-order valence-electron chi connectivity index (χ2n) is 3.84. The standard InChI is InChI=1S/C14H12O/c1-2-5-12-10-13(8-7-11(12)4-1)14-6-3-9-15-14/h1-5,7-10,14H,6H2/t14-/m1/s1. The molecule has 1 aliphatic rings. The van der Waals surface area contributed by atoms with E-state index in [4.69, 9.17) is 4.74 Å². The molecule has 0 amide bonds. The van der Waals surface area contributed by atoms with Crippen molar-refractivity contribution in [2.45, 2.75) is 12.5 Å². The zero-order chi connectivity index (χ0) is 10.1. The Morgan fingerprint density at radius 2 is 1.87 bits per heavy atom. The molecule has 0 fully saturated rings. The molecule has 2 aromatic rings. The van der Waals surface area contributed by atoms with Gasteiger partial charge >= 0.3 is 0 Å². The van der Waals surface area contributed by atoms with Crippen LogP contribution in [0, 0.1) is 0 Å². The summed E-state index contributed by atoms with van der Waals surface area (Å²) < 4.78 is 5.51. The molecule has 0 aromatic heterocycles. The van der Waals surface area contributed by atoms with Gasteiger partial charge in [0.25, 0.3) is 0 Å². The van der Waals surface area contributed by atoms with E-state index >= 15 is 0 Å². The van der Waals surface area contributed by atoms with E-state index in [0.717, 1.165) is 6.42 Å². The highest BCUT2D eigenvalue weighted by Crippen LogP contribution is 2.28. The Labute approximate surface area is 89.0 Å². The fourth-order valence-electron chi connectivity index (χ4n) is 2.01. The second kappa shape index (κ2) is 3.43. The largest absolute Gasteiger partial charge is 0.493 e. The second-order valence-corrected chi connectivity index (χ2v) is 3.84. The lowest BCUT2D eigenvalue weighted by Crippen LogP contribution is -1.94. The van der Waals surface area contributed by atoms with Crippen molar-refractivity contribution in [1.82, 2.24) is 0 Å². The summed E-state index contributed by atoms with van der Waals surface area (Å²) in [6, 6.07) is 14.9. The van der Waals surface area contributed by atoms with Crippen LogP contribution in [0.25, 0.3) is 10.8 Å². The van der Waals surface area contributed by atoms with Gasteiger partial charge in [0.15, 0.2) is 0 Å². The Balaban J connectivity index is 2.06. The maximum absolute atomic E-state index is 5.51. The molecule has 0 unspecified atom stereocenters. The fraction of sp³-hybridized carbons (Fsp3) is 0.143. The van der Waals surface area contributed by atoms with Crippen molar-refractivity contribution in [2.75, 3.05) is 0 Å². The first-order chi connectivity index (χ1) is 7.43. The Bertz CT molecular complexity index is 505. The van der Waals surface area contributed by atoms with Crippen LogP contribution in [0.3, 0.4) is 0 Å². The van der Waals surface area contributed by atoms with Crippen LogP contribution in [0.5, 0.6) is 0 Å². The minimum Gasteiger partial charge on any atom is -0.493 e. The number of rotatable bonds is 1. The molecule has 0 N–H and O–H groups in total. The summed E-state index contributed by atoms with van der Waals surface area (Å²) in [4.78, 5) is 0. The average Bonchev–Trinajstić information content (AvgIpc) is 2.82. The van der Waals surface area contributed by atoms with E-state index in [2.05, 4.69) is 48.5 Å². The zero-order valence-electron chi connectivity index (χ0n) is 8.39. The third-order valence-corrected chi connectivity index (χ3v) is 2.83. The molecule has 0 aliphatic carbocycles. The van der Waals surface area contributed by atoms with Gasteiger partial charge in [-0.2, -0.15) is 0 Å². The molecule has 2 aromatic carbocycles. The molecule has 1 nitrogen and oxygen atoms in total. The first kappa shape index (κ1) is 8.54. The van der Waals surface area contributed by atoms with E-state index in [1.54, 1.807) is 6.26 Å².